The summed E-state index contributed by atoms with van der Waals surface area (Å²) in [5, 5.41) is 3.82. The molecular weight excluding hydrogens is 312 g/mol. The van der Waals surface area contributed by atoms with Crippen LogP contribution in [0.3, 0.4) is 0 Å². The lowest BCUT2D eigenvalue weighted by Gasteiger charge is -2.33. The van der Waals surface area contributed by atoms with Gasteiger partial charge in [-0.05, 0) is 19.1 Å². The predicted molar refractivity (Wildman–Crippen MR) is 88.5 cm³/mol. The van der Waals surface area contributed by atoms with Crippen molar-refractivity contribution in [2.75, 3.05) is 38.5 Å². The van der Waals surface area contributed by atoms with E-state index in [9.17, 15) is 4.21 Å². The van der Waals surface area contributed by atoms with Gasteiger partial charge in [0.1, 0.15) is 0 Å². The average molecular weight is 334 g/mol. The molecule has 0 saturated carbocycles. The molecule has 1 aliphatic heterocycles. The molecule has 1 unspecified atom stereocenters. The SMILES string of the molecule is Cc1noc(CN2CCN(CCS(=O)c3ccccc3)CC2)n1. The summed E-state index contributed by atoms with van der Waals surface area (Å²) in [5.74, 6) is 2.05. The maximum absolute atomic E-state index is 12.2. The second-order valence-corrected chi connectivity index (χ2v) is 7.29. The number of rotatable bonds is 6. The van der Waals surface area contributed by atoms with Crippen LogP contribution in [0.2, 0.25) is 0 Å². The minimum absolute atomic E-state index is 0.682. The van der Waals surface area contributed by atoms with Crippen LogP contribution >= 0.6 is 0 Å². The fourth-order valence-electron chi connectivity index (χ4n) is 2.67. The van der Waals surface area contributed by atoms with Crippen molar-refractivity contribution in [1.82, 2.24) is 19.9 Å². The van der Waals surface area contributed by atoms with Crippen molar-refractivity contribution in [2.45, 2.75) is 18.4 Å². The van der Waals surface area contributed by atoms with Gasteiger partial charge in [0.2, 0.25) is 5.89 Å². The second kappa shape index (κ2) is 7.81. The first-order chi connectivity index (χ1) is 11.2. The van der Waals surface area contributed by atoms with Gasteiger partial charge in [0.05, 0.1) is 17.3 Å². The molecule has 0 N–H and O–H groups in total. The molecule has 0 amide bonds. The van der Waals surface area contributed by atoms with Crippen LogP contribution in [0.25, 0.3) is 0 Å². The van der Waals surface area contributed by atoms with Crippen LogP contribution in [-0.2, 0) is 17.3 Å². The second-order valence-electron chi connectivity index (χ2n) is 5.72. The van der Waals surface area contributed by atoms with Crippen molar-refractivity contribution in [3.8, 4) is 0 Å². The molecule has 1 aromatic carbocycles. The summed E-state index contributed by atoms with van der Waals surface area (Å²) in [5.41, 5.74) is 0. The highest BCUT2D eigenvalue weighted by molar-refractivity contribution is 7.85. The molecule has 6 nitrogen and oxygen atoms in total. The van der Waals surface area contributed by atoms with Crippen LogP contribution in [0.4, 0.5) is 0 Å². The summed E-state index contributed by atoms with van der Waals surface area (Å²) in [4.78, 5) is 9.85. The van der Waals surface area contributed by atoms with Gasteiger partial charge in [-0.2, -0.15) is 4.98 Å². The Morgan fingerprint density at radius 2 is 1.83 bits per heavy atom. The molecule has 1 aliphatic rings. The largest absolute Gasteiger partial charge is 0.338 e. The average Bonchev–Trinajstić information content (AvgIpc) is 2.99. The molecule has 3 rings (SSSR count). The Kier molecular flexibility index (Phi) is 5.53. The van der Waals surface area contributed by atoms with Gasteiger partial charge in [-0.3, -0.25) is 14.0 Å². The van der Waals surface area contributed by atoms with E-state index in [0.717, 1.165) is 37.6 Å². The summed E-state index contributed by atoms with van der Waals surface area (Å²) in [6, 6.07) is 9.68. The lowest BCUT2D eigenvalue weighted by Crippen LogP contribution is -2.46. The molecule has 2 heterocycles. The molecule has 7 heteroatoms. The number of aromatic nitrogens is 2. The van der Waals surface area contributed by atoms with Gasteiger partial charge in [0, 0.05) is 43.4 Å². The number of hydrogen-bond donors (Lipinski definition) is 0. The smallest absolute Gasteiger partial charge is 0.240 e. The summed E-state index contributed by atoms with van der Waals surface area (Å²) in [6.45, 7) is 7.33. The van der Waals surface area contributed by atoms with E-state index in [1.165, 1.54) is 0 Å². The monoisotopic (exact) mass is 334 g/mol. The quantitative estimate of drug-likeness (QED) is 0.794. The number of hydrogen-bond acceptors (Lipinski definition) is 6. The third-order valence-corrected chi connectivity index (χ3v) is 5.34. The standard InChI is InChI=1S/C16H22N4O2S/c1-14-17-16(22-18-14)13-20-9-7-19(8-10-20)11-12-23(21)15-5-3-2-4-6-15/h2-6H,7-13H2,1H3. The van der Waals surface area contributed by atoms with Crippen LogP contribution in [0, 0.1) is 6.92 Å². The van der Waals surface area contributed by atoms with Crippen molar-refractivity contribution in [3.05, 3.63) is 42.0 Å². The minimum Gasteiger partial charge on any atom is -0.338 e. The number of nitrogens with zero attached hydrogens (tertiary/aromatic N) is 4. The molecule has 23 heavy (non-hydrogen) atoms. The van der Waals surface area contributed by atoms with Gasteiger partial charge >= 0.3 is 0 Å². The Hall–Kier alpha value is -1.57. The zero-order valence-corrected chi connectivity index (χ0v) is 14.2. The summed E-state index contributed by atoms with van der Waals surface area (Å²) in [7, 11) is -0.911. The van der Waals surface area contributed by atoms with E-state index in [4.69, 9.17) is 4.52 Å². The molecule has 1 fully saturated rings. The highest BCUT2D eigenvalue weighted by Gasteiger charge is 2.19. The zero-order valence-electron chi connectivity index (χ0n) is 13.4. The van der Waals surface area contributed by atoms with Crippen molar-refractivity contribution < 1.29 is 8.73 Å². The van der Waals surface area contributed by atoms with E-state index in [2.05, 4.69) is 19.9 Å². The highest BCUT2D eigenvalue weighted by atomic mass is 32.2. The zero-order chi connectivity index (χ0) is 16.1. The van der Waals surface area contributed by atoms with Gasteiger partial charge in [-0.15, -0.1) is 0 Å². The third-order valence-electron chi connectivity index (χ3n) is 3.99. The summed E-state index contributed by atoms with van der Waals surface area (Å²) in [6.07, 6.45) is 0. The summed E-state index contributed by atoms with van der Waals surface area (Å²) < 4.78 is 17.4. The van der Waals surface area contributed by atoms with E-state index in [1.54, 1.807) is 0 Å². The van der Waals surface area contributed by atoms with E-state index < -0.39 is 10.8 Å². The third kappa shape index (κ3) is 4.70. The Labute approximate surface area is 138 Å². The minimum atomic E-state index is -0.911. The number of piperazine rings is 1. The van der Waals surface area contributed by atoms with E-state index in [0.29, 0.717) is 24.0 Å². The van der Waals surface area contributed by atoms with Crippen molar-refractivity contribution >= 4 is 10.8 Å². The number of aryl methyl sites for hydroxylation is 1. The first kappa shape index (κ1) is 16.3. The van der Waals surface area contributed by atoms with Gasteiger partial charge in [0.15, 0.2) is 5.82 Å². The van der Waals surface area contributed by atoms with Gasteiger partial charge in [0.25, 0.3) is 0 Å². The normalized spacial score (nSPS) is 18.1. The lowest BCUT2D eigenvalue weighted by atomic mass is 10.3. The topological polar surface area (TPSA) is 62.5 Å². The van der Waals surface area contributed by atoms with Gasteiger partial charge in [-0.25, -0.2) is 0 Å². The molecular formula is C16H22N4O2S. The first-order valence-electron chi connectivity index (χ1n) is 7.88. The van der Waals surface area contributed by atoms with Crippen molar-refractivity contribution in [2.24, 2.45) is 0 Å². The maximum Gasteiger partial charge on any atom is 0.240 e. The van der Waals surface area contributed by atoms with Crippen LogP contribution in [0.1, 0.15) is 11.7 Å². The molecule has 1 saturated heterocycles. The summed E-state index contributed by atoms with van der Waals surface area (Å²) >= 11 is 0. The van der Waals surface area contributed by atoms with E-state index >= 15 is 0 Å². The molecule has 0 aliphatic carbocycles. The maximum atomic E-state index is 12.2. The van der Waals surface area contributed by atoms with E-state index in [1.807, 2.05) is 37.3 Å². The highest BCUT2D eigenvalue weighted by Crippen LogP contribution is 2.09. The van der Waals surface area contributed by atoms with Crippen LogP contribution < -0.4 is 0 Å². The van der Waals surface area contributed by atoms with Gasteiger partial charge in [-0.1, -0.05) is 23.4 Å². The molecule has 0 radical (unpaired) electrons. The van der Waals surface area contributed by atoms with Crippen molar-refractivity contribution in [1.29, 1.82) is 0 Å². The molecule has 124 valence electrons. The molecule has 1 atom stereocenters. The Bertz CT molecular complexity index is 639. The number of benzene rings is 1. The van der Waals surface area contributed by atoms with Gasteiger partial charge < -0.3 is 4.52 Å². The Balaban J connectivity index is 1.40. The lowest BCUT2D eigenvalue weighted by molar-refractivity contribution is 0.121. The van der Waals surface area contributed by atoms with Crippen LogP contribution in [0.15, 0.2) is 39.8 Å². The van der Waals surface area contributed by atoms with E-state index in [-0.39, 0.29) is 0 Å². The molecule has 0 spiro atoms. The Morgan fingerprint density at radius 1 is 1.13 bits per heavy atom. The first-order valence-corrected chi connectivity index (χ1v) is 9.20. The molecule has 1 aromatic heterocycles. The fraction of sp³-hybridized carbons (Fsp3) is 0.500. The van der Waals surface area contributed by atoms with Crippen LogP contribution in [-0.4, -0.2) is 62.6 Å². The van der Waals surface area contributed by atoms with Crippen LogP contribution in [0.5, 0.6) is 0 Å². The fourth-order valence-corrected chi connectivity index (χ4v) is 3.79. The Morgan fingerprint density at radius 3 is 2.48 bits per heavy atom. The molecule has 0 bridgehead atoms. The molecule has 2 aromatic rings. The van der Waals surface area contributed by atoms with Crippen molar-refractivity contribution in [3.63, 3.8) is 0 Å². The predicted octanol–water partition coefficient (Wildman–Crippen LogP) is 1.30.